The van der Waals surface area contributed by atoms with Crippen molar-refractivity contribution in [1.82, 2.24) is 5.32 Å². The number of aryl methyl sites for hydroxylation is 1. The van der Waals surface area contributed by atoms with Crippen LogP contribution in [0.25, 0.3) is 0 Å². The van der Waals surface area contributed by atoms with E-state index in [1.54, 1.807) is 19.2 Å². The van der Waals surface area contributed by atoms with Crippen LogP contribution in [0.3, 0.4) is 0 Å². The number of ether oxygens (including phenoxy) is 2. The molecule has 0 fully saturated rings. The minimum atomic E-state index is -1.04. The summed E-state index contributed by atoms with van der Waals surface area (Å²) in [7, 11) is 3.02. The van der Waals surface area contributed by atoms with Crippen molar-refractivity contribution in [3.05, 3.63) is 29.3 Å². The Balaban J connectivity index is 2.97. The lowest BCUT2D eigenvalue weighted by molar-refractivity contribution is -0.137. The molecule has 0 aliphatic heterocycles. The van der Waals surface area contributed by atoms with E-state index in [1.807, 2.05) is 13.0 Å². The molecule has 6 nitrogen and oxygen atoms in total. The second-order valence-electron chi connectivity index (χ2n) is 4.67. The molecule has 0 spiro atoms. The molecular formula is C15H21NO5. The predicted molar refractivity (Wildman–Crippen MR) is 78.0 cm³/mol. The zero-order valence-corrected chi connectivity index (χ0v) is 12.5. The van der Waals surface area contributed by atoms with E-state index in [0.29, 0.717) is 24.5 Å². The smallest absolute Gasteiger partial charge is 0.305 e. The molecule has 0 aromatic heterocycles. The van der Waals surface area contributed by atoms with E-state index < -0.39 is 12.0 Å². The average Bonchev–Trinajstić information content (AvgIpc) is 2.45. The van der Waals surface area contributed by atoms with Crippen LogP contribution in [0.1, 0.15) is 22.3 Å². The molecule has 0 amide bonds. The van der Waals surface area contributed by atoms with Gasteiger partial charge in [0.15, 0.2) is 5.78 Å². The normalized spacial score (nSPS) is 12.0. The first kappa shape index (κ1) is 17.1. The van der Waals surface area contributed by atoms with Crippen LogP contribution in [-0.4, -0.2) is 50.3 Å². The van der Waals surface area contributed by atoms with Crippen LogP contribution in [0.15, 0.2) is 18.2 Å². The van der Waals surface area contributed by atoms with E-state index in [4.69, 9.17) is 14.6 Å². The van der Waals surface area contributed by atoms with E-state index in [0.717, 1.165) is 5.56 Å². The zero-order chi connectivity index (χ0) is 15.8. The summed E-state index contributed by atoms with van der Waals surface area (Å²) in [4.78, 5) is 23.5. The Labute approximate surface area is 124 Å². The second-order valence-corrected chi connectivity index (χ2v) is 4.67. The van der Waals surface area contributed by atoms with Gasteiger partial charge in [-0.25, -0.2) is 0 Å². The number of carboxylic acid groups (broad SMARTS) is 1. The first-order chi connectivity index (χ1) is 9.99. The van der Waals surface area contributed by atoms with E-state index in [1.165, 1.54) is 7.11 Å². The second kappa shape index (κ2) is 8.39. The van der Waals surface area contributed by atoms with Crippen LogP contribution in [0.5, 0.6) is 5.75 Å². The van der Waals surface area contributed by atoms with Crippen molar-refractivity contribution in [2.75, 3.05) is 27.4 Å². The molecule has 1 atom stereocenters. The van der Waals surface area contributed by atoms with Crippen LogP contribution in [-0.2, 0) is 9.53 Å². The number of aliphatic carboxylic acids is 1. The molecule has 0 radical (unpaired) electrons. The highest BCUT2D eigenvalue weighted by Gasteiger charge is 2.25. The largest absolute Gasteiger partial charge is 0.496 e. The van der Waals surface area contributed by atoms with Crippen molar-refractivity contribution >= 4 is 11.8 Å². The van der Waals surface area contributed by atoms with Crippen LogP contribution in [0.2, 0.25) is 0 Å². The molecule has 116 valence electrons. The third-order valence-corrected chi connectivity index (χ3v) is 3.01. The first-order valence-electron chi connectivity index (χ1n) is 6.62. The van der Waals surface area contributed by atoms with Crippen LogP contribution in [0, 0.1) is 6.92 Å². The monoisotopic (exact) mass is 295 g/mol. The number of ketones is 1. The molecular weight excluding hydrogens is 274 g/mol. The summed E-state index contributed by atoms with van der Waals surface area (Å²) in [6.07, 6.45) is -0.292. The summed E-state index contributed by atoms with van der Waals surface area (Å²) in [6.45, 7) is 2.66. The van der Waals surface area contributed by atoms with E-state index in [2.05, 4.69) is 5.32 Å². The van der Waals surface area contributed by atoms with Crippen molar-refractivity contribution in [3.8, 4) is 5.75 Å². The molecule has 0 bridgehead atoms. The number of carbonyl (C=O) groups excluding carboxylic acids is 1. The van der Waals surface area contributed by atoms with E-state index in [-0.39, 0.29) is 12.2 Å². The summed E-state index contributed by atoms with van der Waals surface area (Å²) < 4.78 is 10.1. The van der Waals surface area contributed by atoms with Gasteiger partial charge in [-0.1, -0.05) is 11.6 Å². The van der Waals surface area contributed by atoms with E-state index >= 15 is 0 Å². The fraction of sp³-hybridized carbons (Fsp3) is 0.467. The van der Waals surface area contributed by atoms with Gasteiger partial charge in [0.2, 0.25) is 0 Å². The Morgan fingerprint density at radius 3 is 2.62 bits per heavy atom. The predicted octanol–water partition coefficient (Wildman–Crippen LogP) is 1.27. The number of nitrogens with one attached hydrogen (secondary N) is 1. The maximum absolute atomic E-state index is 12.6. The summed E-state index contributed by atoms with van der Waals surface area (Å²) >= 11 is 0. The molecule has 21 heavy (non-hydrogen) atoms. The molecule has 0 heterocycles. The van der Waals surface area contributed by atoms with Crippen LogP contribution < -0.4 is 10.1 Å². The molecule has 0 saturated carbocycles. The summed E-state index contributed by atoms with van der Waals surface area (Å²) in [6, 6.07) is 4.43. The van der Waals surface area contributed by atoms with Gasteiger partial charge in [-0.3, -0.25) is 9.59 Å². The van der Waals surface area contributed by atoms with Crippen LogP contribution >= 0.6 is 0 Å². The van der Waals surface area contributed by atoms with Gasteiger partial charge in [0.25, 0.3) is 0 Å². The van der Waals surface area contributed by atoms with Gasteiger partial charge in [0.1, 0.15) is 5.75 Å². The highest BCUT2D eigenvalue weighted by atomic mass is 16.5. The fourth-order valence-corrected chi connectivity index (χ4v) is 1.97. The quantitative estimate of drug-likeness (QED) is 0.527. The lowest BCUT2D eigenvalue weighted by atomic mass is 9.99. The van der Waals surface area contributed by atoms with Gasteiger partial charge in [-0.05, 0) is 19.1 Å². The minimum Gasteiger partial charge on any atom is -0.496 e. The van der Waals surface area contributed by atoms with Crippen molar-refractivity contribution in [2.24, 2.45) is 0 Å². The van der Waals surface area contributed by atoms with Gasteiger partial charge in [-0.2, -0.15) is 0 Å². The lowest BCUT2D eigenvalue weighted by Gasteiger charge is -2.17. The van der Waals surface area contributed by atoms with Crippen molar-refractivity contribution in [1.29, 1.82) is 0 Å². The van der Waals surface area contributed by atoms with Gasteiger partial charge in [-0.15, -0.1) is 0 Å². The van der Waals surface area contributed by atoms with Gasteiger partial charge in [0.05, 0.1) is 31.7 Å². The standard InChI is InChI=1S/C15H21NO5/c1-10-4-5-13(21-3)11(8-10)15(19)12(9-14(17)18)16-6-7-20-2/h4-5,8,12,16H,6-7,9H2,1-3H3,(H,17,18). The number of hydrogen-bond acceptors (Lipinski definition) is 5. The van der Waals surface area contributed by atoms with Gasteiger partial charge < -0.3 is 19.9 Å². The number of carbonyl (C=O) groups is 2. The highest BCUT2D eigenvalue weighted by molar-refractivity contribution is 6.04. The van der Waals surface area contributed by atoms with Crippen molar-refractivity contribution in [3.63, 3.8) is 0 Å². The summed E-state index contributed by atoms with van der Waals surface area (Å²) in [5.74, 6) is -0.895. The topological polar surface area (TPSA) is 84.9 Å². The van der Waals surface area contributed by atoms with Crippen LogP contribution in [0.4, 0.5) is 0 Å². The summed E-state index contributed by atoms with van der Waals surface area (Å²) in [5, 5.41) is 11.9. The molecule has 0 saturated heterocycles. The number of rotatable bonds is 9. The maximum atomic E-state index is 12.6. The fourth-order valence-electron chi connectivity index (χ4n) is 1.97. The molecule has 1 aromatic rings. The Bertz CT molecular complexity index is 501. The Morgan fingerprint density at radius 2 is 2.05 bits per heavy atom. The molecule has 2 N–H and O–H groups in total. The van der Waals surface area contributed by atoms with Gasteiger partial charge in [0, 0.05) is 13.7 Å². The zero-order valence-electron chi connectivity index (χ0n) is 12.5. The Hall–Kier alpha value is -1.92. The number of carboxylic acids is 1. The highest BCUT2D eigenvalue weighted by Crippen LogP contribution is 2.22. The van der Waals surface area contributed by atoms with E-state index in [9.17, 15) is 9.59 Å². The molecule has 1 rings (SSSR count). The number of benzene rings is 1. The Morgan fingerprint density at radius 1 is 1.33 bits per heavy atom. The molecule has 1 unspecified atom stereocenters. The average molecular weight is 295 g/mol. The van der Waals surface area contributed by atoms with Gasteiger partial charge >= 0.3 is 5.97 Å². The third-order valence-electron chi connectivity index (χ3n) is 3.01. The number of hydrogen-bond donors (Lipinski definition) is 2. The van der Waals surface area contributed by atoms with Crippen molar-refractivity contribution < 1.29 is 24.2 Å². The molecule has 1 aromatic carbocycles. The Kier molecular flexibility index (Phi) is 6.84. The number of Topliss-reactive ketones (excluding diaryl/α,β-unsaturated/α-hetero) is 1. The molecule has 0 aliphatic carbocycles. The minimum absolute atomic E-state index is 0.292. The first-order valence-corrected chi connectivity index (χ1v) is 6.62. The maximum Gasteiger partial charge on any atom is 0.305 e. The number of methoxy groups -OCH3 is 2. The molecule has 6 heteroatoms. The lowest BCUT2D eigenvalue weighted by Crippen LogP contribution is -2.40. The molecule has 0 aliphatic rings. The summed E-state index contributed by atoms with van der Waals surface area (Å²) in [5.41, 5.74) is 1.29. The van der Waals surface area contributed by atoms with Crippen molar-refractivity contribution in [2.45, 2.75) is 19.4 Å². The third kappa shape index (κ3) is 5.17. The SMILES string of the molecule is COCCNC(CC(=O)O)C(=O)c1cc(C)ccc1OC.